The molecule has 0 aliphatic rings. The normalized spacial score (nSPS) is 12.9. The summed E-state index contributed by atoms with van der Waals surface area (Å²) < 4.78 is 29.0. The quantitative estimate of drug-likeness (QED) is 0.512. The second-order valence-corrected chi connectivity index (χ2v) is 4.05. The van der Waals surface area contributed by atoms with Gasteiger partial charge < -0.3 is 5.11 Å². The van der Waals surface area contributed by atoms with Crippen molar-refractivity contribution in [1.82, 2.24) is 0 Å². The molecule has 0 radical (unpaired) electrons. The molecule has 76 valence electrons. The molecular formula is C7H12O5S. The smallest absolute Gasteiger partial charge is 0.331 e. The van der Waals surface area contributed by atoms with Gasteiger partial charge in [-0.15, -0.1) is 0 Å². The van der Waals surface area contributed by atoms with Gasteiger partial charge in [0.25, 0.3) is 10.1 Å². The van der Waals surface area contributed by atoms with Crippen LogP contribution in [-0.4, -0.2) is 29.8 Å². The molecule has 0 spiro atoms. The van der Waals surface area contributed by atoms with E-state index in [4.69, 9.17) is 9.66 Å². The van der Waals surface area contributed by atoms with Crippen LogP contribution in [0, 0.1) is 0 Å². The van der Waals surface area contributed by atoms with Crippen LogP contribution < -0.4 is 0 Å². The maximum Gasteiger partial charge on any atom is 0.331 e. The van der Waals surface area contributed by atoms with E-state index in [0.717, 1.165) is 0 Å². The molecule has 0 unspecified atom stereocenters. The SMILES string of the molecule is CC/C=C(/CCS(=O)(=O)O)C(=O)O. The lowest BCUT2D eigenvalue weighted by Gasteiger charge is -1.99. The third-order valence-electron chi connectivity index (χ3n) is 1.35. The van der Waals surface area contributed by atoms with Crippen molar-refractivity contribution < 1.29 is 22.9 Å². The number of rotatable bonds is 5. The maximum atomic E-state index is 10.5. The summed E-state index contributed by atoms with van der Waals surface area (Å²) in [6, 6.07) is 0. The van der Waals surface area contributed by atoms with Crippen LogP contribution in [0.4, 0.5) is 0 Å². The Morgan fingerprint density at radius 1 is 1.46 bits per heavy atom. The summed E-state index contributed by atoms with van der Waals surface area (Å²) in [5.74, 6) is -1.70. The molecule has 6 heteroatoms. The van der Waals surface area contributed by atoms with Crippen molar-refractivity contribution in [3.63, 3.8) is 0 Å². The molecule has 0 heterocycles. The van der Waals surface area contributed by atoms with Crippen molar-refractivity contribution in [2.75, 3.05) is 5.75 Å². The van der Waals surface area contributed by atoms with Crippen LogP contribution >= 0.6 is 0 Å². The molecule has 0 bridgehead atoms. The van der Waals surface area contributed by atoms with Crippen molar-refractivity contribution in [2.45, 2.75) is 19.8 Å². The Labute approximate surface area is 76.8 Å². The Morgan fingerprint density at radius 2 is 2.00 bits per heavy atom. The van der Waals surface area contributed by atoms with Crippen LogP contribution in [-0.2, 0) is 14.9 Å². The lowest BCUT2D eigenvalue weighted by atomic mass is 10.2. The molecule has 0 amide bonds. The van der Waals surface area contributed by atoms with Crippen molar-refractivity contribution >= 4 is 16.1 Å². The second-order valence-electron chi connectivity index (χ2n) is 2.48. The zero-order chi connectivity index (χ0) is 10.5. The van der Waals surface area contributed by atoms with Crippen LogP contribution in [0.5, 0.6) is 0 Å². The average Bonchev–Trinajstić information content (AvgIpc) is 1.95. The minimum Gasteiger partial charge on any atom is -0.478 e. The van der Waals surface area contributed by atoms with Gasteiger partial charge in [-0.1, -0.05) is 13.0 Å². The first-order chi connectivity index (χ1) is 5.87. The summed E-state index contributed by atoms with van der Waals surface area (Å²) >= 11 is 0. The van der Waals surface area contributed by atoms with Crippen molar-refractivity contribution in [2.24, 2.45) is 0 Å². The molecule has 5 nitrogen and oxygen atoms in total. The number of carboxylic acid groups (broad SMARTS) is 1. The third-order valence-corrected chi connectivity index (χ3v) is 2.07. The Bertz CT molecular complexity index is 301. The van der Waals surface area contributed by atoms with Gasteiger partial charge in [0.05, 0.1) is 5.75 Å². The number of allylic oxidation sites excluding steroid dienone is 1. The van der Waals surface area contributed by atoms with E-state index in [1.54, 1.807) is 6.92 Å². The highest BCUT2D eigenvalue weighted by Crippen LogP contribution is 2.05. The highest BCUT2D eigenvalue weighted by atomic mass is 32.2. The highest BCUT2D eigenvalue weighted by Gasteiger charge is 2.11. The Morgan fingerprint density at radius 3 is 2.31 bits per heavy atom. The minimum absolute atomic E-state index is 0.0140. The summed E-state index contributed by atoms with van der Waals surface area (Å²) in [5, 5.41) is 8.56. The van der Waals surface area contributed by atoms with Gasteiger partial charge in [-0.3, -0.25) is 4.55 Å². The third kappa shape index (κ3) is 6.30. The Hall–Kier alpha value is -0.880. The Balaban J connectivity index is 4.31. The molecule has 0 aliphatic carbocycles. The molecule has 0 atom stereocenters. The minimum atomic E-state index is -4.08. The summed E-state index contributed by atoms with van der Waals surface area (Å²) in [4.78, 5) is 10.5. The van der Waals surface area contributed by atoms with E-state index < -0.39 is 21.8 Å². The number of hydrogen-bond donors (Lipinski definition) is 2. The summed E-state index contributed by atoms with van der Waals surface area (Å²) in [5.41, 5.74) is 0.0140. The van der Waals surface area contributed by atoms with Gasteiger partial charge in [-0.2, -0.15) is 8.42 Å². The molecule has 0 aromatic heterocycles. The molecule has 0 rings (SSSR count). The standard InChI is InChI=1S/C7H12O5S/c1-2-3-6(7(8)9)4-5-13(10,11)12/h3H,2,4-5H2,1H3,(H,8,9)(H,10,11,12)/b6-3-. The predicted octanol–water partition coefficient (Wildman–Crippen LogP) is 0.685. The molecule has 0 saturated carbocycles. The first-order valence-electron chi connectivity index (χ1n) is 3.74. The molecular weight excluding hydrogens is 196 g/mol. The van der Waals surface area contributed by atoms with Crippen molar-refractivity contribution in [3.05, 3.63) is 11.6 Å². The zero-order valence-electron chi connectivity index (χ0n) is 7.23. The fraction of sp³-hybridized carbons (Fsp3) is 0.571. The van der Waals surface area contributed by atoms with Crippen molar-refractivity contribution in [1.29, 1.82) is 0 Å². The van der Waals surface area contributed by atoms with E-state index in [2.05, 4.69) is 0 Å². The first-order valence-corrected chi connectivity index (χ1v) is 5.35. The van der Waals surface area contributed by atoms with Gasteiger partial charge in [0.1, 0.15) is 0 Å². The maximum absolute atomic E-state index is 10.5. The second kappa shape index (κ2) is 4.98. The largest absolute Gasteiger partial charge is 0.478 e. The fourth-order valence-electron chi connectivity index (χ4n) is 0.782. The summed E-state index contributed by atoms with van der Waals surface area (Å²) in [6.45, 7) is 1.75. The highest BCUT2D eigenvalue weighted by molar-refractivity contribution is 7.85. The van der Waals surface area contributed by atoms with Crippen LogP contribution in [0.1, 0.15) is 19.8 Å². The van der Waals surface area contributed by atoms with Gasteiger partial charge in [-0.25, -0.2) is 4.79 Å². The van der Waals surface area contributed by atoms with E-state index >= 15 is 0 Å². The number of aliphatic carboxylic acids is 1. The lowest BCUT2D eigenvalue weighted by molar-refractivity contribution is -0.132. The lowest BCUT2D eigenvalue weighted by Crippen LogP contribution is -2.09. The van der Waals surface area contributed by atoms with Crippen LogP contribution in [0.2, 0.25) is 0 Å². The Kier molecular flexibility index (Phi) is 4.64. The number of carboxylic acids is 1. The van der Waals surface area contributed by atoms with E-state index in [1.165, 1.54) is 6.08 Å². The predicted molar refractivity (Wildman–Crippen MR) is 47.0 cm³/mol. The topological polar surface area (TPSA) is 91.7 Å². The van der Waals surface area contributed by atoms with E-state index in [0.29, 0.717) is 6.42 Å². The van der Waals surface area contributed by atoms with Crippen LogP contribution in [0.3, 0.4) is 0 Å². The molecule has 0 aromatic carbocycles. The molecule has 0 aromatic rings. The molecule has 0 fully saturated rings. The van der Waals surface area contributed by atoms with Crippen LogP contribution in [0.15, 0.2) is 11.6 Å². The number of carbonyl (C=O) groups is 1. The van der Waals surface area contributed by atoms with Crippen LogP contribution in [0.25, 0.3) is 0 Å². The summed E-state index contributed by atoms with van der Waals surface area (Å²) in [7, 11) is -4.08. The fourth-order valence-corrected chi connectivity index (χ4v) is 1.26. The van der Waals surface area contributed by atoms with Gasteiger partial charge in [0.15, 0.2) is 0 Å². The number of hydrogen-bond acceptors (Lipinski definition) is 3. The zero-order valence-corrected chi connectivity index (χ0v) is 8.04. The first kappa shape index (κ1) is 12.1. The van der Waals surface area contributed by atoms with E-state index in [-0.39, 0.29) is 12.0 Å². The molecule has 0 aliphatic heterocycles. The van der Waals surface area contributed by atoms with Crippen molar-refractivity contribution in [3.8, 4) is 0 Å². The average molecular weight is 208 g/mol. The van der Waals surface area contributed by atoms with Gasteiger partial charge in [0, 0.05) is 5.57 Å². The molecule has 0 saturated heterocycles. The van der Waals surface area contributed by atoms with E-state index in [1.807, 2.05) is 0 Å². The monoisotopic (exact) mass is 208 g/mol. The van der Waals surface area contributed by atoms with E-state index in [9.17, 15) is 13.2 Å². The molecule has 13 heavy (non-hydrogen) atoms. The van der Waals surface area contributed by atoms with Gasteiger partial charge in [0.2, 0.25) is 0 Å². The van der Waals surface area contributed by atoms with Gasteiger partial charge >= 0.3 is 5.97 Å². The molecule has 2 N–H and O–H groups in total. The summed E-state index contributed by atoms with van der Waals surface area (Å²) in [6.07, 6.45) is 1.78. The van der Waals surface area contributed by atoms with Gasteiger partial charge in [-0.05, 0) is 12.8 Å².